The number of aryl methyl sites for hydroxylation is 2. The molecule has 1 aromatic heterocycles. The summed E-state index contributed by atoms with van der Waals surface area (Å²) >= 11 is 0. The molecule has 2 N–H and O–H groups in total. The van der Waals surface area contributed by atoms with E-state index in [-0.39, 0.29) is 13.0 Å². The summed E-state index contributed by atoms with van der Waals surface area (Å²) in [5.74, 6) is -1.27. The second-order valence-corrected chi connectivity index (χ2v) is 7.70. The molecule has 0 saturated carbocycles. The van der Waals surface area contributed by atoms with Crippen LogP contribution < -0.4 is 15.7 Å². The number of aliphatic carboxylic acids is 1. The van der Waals surface area contributed by atoms with Gasteiger partial charge in [-0.05, 0) is 43.0 Å². The van der Waals surface area contributed by atoms with E-state index in [0.29, 0.717) is 16.9 Å². The number of nitrogens with one attached hydrogen (secondary N) is 1. The van der Waals surface area contributed by atoms with Crippen LogP contribution in [0.4, 0.5) is 0 Å². The Morgan fingerprint density at radius 1 is 1.16 bits per heavy atom. The van der Waals surface area contributed by atoms with E-state index in [1.807, 2.05) is 24.3 Å². The van der Waals surface area contributed by atoms with Crippen molar-refractivity contribution in [3.63, 3.8) is 0 Å². The molecule has 1 atom stereocenters. The topological polar surface area (TPSA) is 106 Å². The number of carboxylic acids is 1. The fraction of sp³-hybridized carbons (Fsp3) is 0.320. The molecule has 1 amide bonds. The van der Waals surface area contributed by atoms with Crippen molar-refractivity contribution in [2.24, 2.45) is 0 Å². The maximum absolute atomic E-state index is 12.3. The van der Waals surface area contributed by atoms with Gasteiger partial charge < -0.3 is 19.6 Å². The van der Waals surface area contributed by atoms with Crippen LogP contribution >= 0.6 is 0 Å². The third-order valence-electron chi connectivity index (χ3n) is 5.27. The number of ether oxygens (including phenoxy) is 1. The molecule has 0 aliphatic rings. The Kier molecular flexibility index (Phi) is 7.65. The van der Waals surface area contributed by atoms with Crippen LogP contribution in [-0.4, -0.2) is 29.6 Å². The molecular weight excluding hydrogens is 410 g/mol. The maximum atomic E-state index is 12.3. The molecule has 3 rings (SSSR count). The van der Waals surface area contributed by atoms with Crippen molar-refractivity contribution in [1.29, 1.82) is 0 Å². The predicted octanol–water partition coefficient (Wildman–Crippen LogP) is 3.63. The number of fused-ring (bicyclic) bond motifs is 1. The average Bonchev–Trinajstić information content (AvgIpc) is 2.77. The maximum Gasteiger partial charge on any atom is 0.336 e. The number of carbonyl (C=O) groups excluding carboxylic acids is 1. The van der Waals surface area contributed by atoms with Crippen LogP contribution in [0.15, 0.2) is 57.7 Å². The van der Waals surface area contributed by atoms with Crippen LogP contribution in [0.5, 0.6) is 5.75 Å². The van der Waals surface area contributed by atoms with Crippen LogP contribution in [0.2, 0.25) is 0 Å². The molecule has 2 aromatic carbocycles. The van der Waals surface area contributed by atoms with Gasteiger partial charge in [0.25, 0.3) is 5.91 Å². The quantitative estimate of drug-likeness (QED) is 0.469. The summed E-state index contributed by atoms with van der Waals surface area (Å²) in [6, 6.07) is 13.1. The zero-order chi connectivity index (χ0) is 23.1. The Morgan fingerprint density at radius 3 is 2.59 bits per heavy atom. The number of amides is 1. The van der Waals surface area contributed by atoms with Gasteiger partial charge in [0.15, 0.2) is 6.61 Å². The van der Waals surface area contributed by atoms with E-state index in [1.165, 1.54) is 6.07 Å². The second kappa shape index (κ2) is 10.6. The van der Waals surface area contributed by atoms with Crippen LogP contribution in [0.1, 0.15) is 36.5 Å². The normalized spacial score (nSPS) is 11.8. The Morgan fingerprint density at radius 2 is 1.91 bits per heavy atom. The highest BCUT2D eigenvalue weighted by atomic mass is 16.5. The minimum absolute atomic E-state index is 0.169. The van der Waals surface area contributed by atoms with Gasteiger partial charge in [-0.25, -0.2) is 9.59 Å². The lowest BCUT2D eigenvalue weighted by atomic mass is 10.0. The van der Waals surface area contributed by atoms with Crippen molar-refractivity contribution in [2.75, 3.05) is 6.61 Å². The summed E-state index contributed by atoms with van der Waals surface area (Å²) in [4.78, 5) is 35.9. The lowest BCUT2D eigenvalue weighted by Gasteiger charge is -2.16. The van der Waals surface area contributed by atoms with Crippen molar-refractivity contribution in [1.82, 2.24) is 5.32 Å². The number of hydrogen-bond acceptors (Lipinski definition) is 5. The monoisotopic (exact) mass is 437 g/mol. The van der Waals surface area contributed by atoms with Crippen LogP contribution in [0, 0.1) is 6.92 Å². The molecule has 0 aliphatic carbocycles. The molecule has 0 bridgehead atoms. The van der Waals surface area contributed by atoms with Gasteiger partial charge >= 0.3 is 11.6 Å². The fourth-order valence-electron chi connectivity index (χ4n) is 3.57. The standard InChI is InChI=1S/C25H27NO6/c1-3-4-10-18-14-23(28)32-24-16(2)21(12-11-19(18)24)31-15-22(27)26-20(25(29)30)13-17-8-6-5-7-9-17/h5-9,11-12,14,20H,3-4,10,13,15H2,1-2H3,(H,26,27)(H,29,30). The summed E-state index contributed by atoms with van der Waals surface area (Å²) in [7, 11) is 0. The van der Waals surface area contributed by atoms with Gasteiger partial charge in [-0.1, -0.05) is 43.7 Å². The molecule has 3 aromatic rings. The first-order valence-corrected chi connectivity index (χ1v) is 10.6. The third-order valence-corrected chi connectivity index (χ3v) is 5.27. The summed E-state index contributed by atoms with van der Waals surface area (Å²) < 4.78 is 11.0. The van der Waals surface area contributed by atoms with E-state index in [4.69, 9.17) is 9.15 Å². The zero-order valence-corrected chi connectivity index (χ0v) is 18.2. The number of carbonyl (C=O) groups is 2. The molecule has 0 radical (unpaired) electrons. The Hall–Kier alpha value is -3.61. The Labute approximate surface area is 186 Å². The molecule has 1 heterocycles. The van der Waals surface area contributed by atoms with Crippen molar-refractivity contribution in [3.05, 3.63) is 75.6 Å². The molecule has 7 heteroatoms. The minimum Gasteiger partial charge on any atom is -0.483 e. The number of benzene rings is 2. The molecule has 32 heavy (non-hydrogen) atoms. The van der Waals surface area contributed by atoms with E-state index >= 15 is 0 Å². The number of hydrogen-bond donors (Lipinski definition) is 2. The highest BCUT2D eigenvalue weighted by molar-refractivity contribution is 5.86. The summed E-state index contributed by atoms with van der Waals surface area (Å²) in [5.41, 5.74) is 2.36. The lowest BCUT2D eigenvalue weighted by Crippen LogP contribution is -2.44. The molecule has 0 spiro atoms. The predicted molar refractivity (Wildman–Crippen MR) is 121 cm³/mol. The number of unbranched alkanes of at least 4 members (excludes halogenated alkanes) is 1. The molecule has 168 valence electrons. The molecule has 1 unspecified atom stereocenters. The highest BCUT2D eigenvalue weighted by Crippen LogP contribution is 2.29. The van der Waals surface area contributed by atoms with Crippen LogP contribution in [0.25, 0.3) is 11.0 Å². The lowest BCUT2D eigenvalue weighted by molar-refractivity contribution is -0.142. The Balaban J connectivity index is 1.71. The van der Waals surface area contributed by atoms with E-state index < -0.39 is 23.5 Å². The van der Waals surface area contributed by atoms with Gasteiger partial charge in [-0.2, -0.15) is 0 Å². The van der Waals surface area contributed by atoms with E-state index in [1.54, 1.807) is 25.1 Å². The summed E-state index contributed by atoms with van der Waals surface area (Å²) in [6.07, 6.45) is 2.92. The number of carboxylic acid groups (broad SMARTS) is 1. The van der Waals surface area contributed by atoms with Crippen molar-refractivity contribution in [2.45, 2.75) is 45.6 Å². The second-order valence-electron chi connectivity index (χ2n) is 7.70. The smallest absolute Gasteiger partial charge is 0.336 e. The van der Waals surface area contributed by atoms with E-state index in [9.17, 15) is 19.5 Å². The first-order valence-electron chi connectivity index (χ1n) is 10.6. The molecule has 7 nitrogen and oxygen atoms in total. The van der Waals surface area contributed by atoms with Gasteiger partial charge in [0.05, 0.1) is 0 Å². The van der Waals surface area contributed by atoms with Gasteiger partial charge in [-0.3, -0.25) is 4.79 Å². The minimum atomic E-state index is -1.12. The van der Waals surface area contributed by atoms with Gasteiger partial charge in [-0.15, -0.1) is 0 Å². The molecule has 0 saturated heterocycles. The van der Waals surface area contributed by atoms with Gasteiger partial charge in [0.2, 0.25) is 0 Å². The van der Waals surface area contributed by atoms with Crippen molar-refractivity contribution in [3.8, 4) is 5.75 Å². The average molecular weight is 437 g/mol. The van der Waals surface area contributed by atoms with Crippen LogP contribution in [-0.2, 0) is 22.4 Å². The molecule has 0 fully saturated rings. The fourth-order valence-corrected chi connectivity index (χ4v) is 3.57. The zero-order valence-electron chi connectivity index (χ0n) is 18.2. The number of rotatable bonds is 10. The molecule has 0 aliphatic heterocycles. The largest absolute Gasteiger partial charge is 0.483 e. The first-order chi connectivity index (χ1) is 15.4. The molecular formula is C25H27NO6. The van der Waals surface area contributed by atoms with E-state index in [0.717, 1.165) is 35.8 Å². The summed E-state index contributed by atoms with van der Waals surface area (Å²) in [6.45, 7) is 3.49. The van der Waals surface area contributed by atoms with E-state index in [2.05, 4.69) is 12.2 Å². The SMILES string of the molecule is CCCCc1cc(=O)oc2c(C)c(OCC(=O)NC(Cc3ccccc3)C(=O)O)ccc12. The summed E-state index contributed by atoms with van der Waals surface area (Å²) in [5, 5.41) is 12.8. The van der Waals surface area contributed by atoms with Gasteiger partial charge in [0, 0.05) is 23.4 Å². The van der Waals surface area contributed by atoms with Crippen LogP contribution in [0.3, 0.4) is 0 Å². The van der Waals surface area contributed by atoms with Crippen molar-refractivity contribution >= 4 is 22.8 Å². The van der Waals surface area contributed by atoms with Crippen molar-refractivity contribution < 1.29 is 23.8 Å². The van der Waals surface area contributed by atoms with Gasteiger partial charge in [0.1, 0.15) is 17.4 Å². The highest BCUT2D eigenvalue weighted by Gasteiger charge is 2.21. The Bertz CT molecular complexity index is 1150. The third kappa shape index (κ3) is 5.75. The first kappa shape index (κ1) is 23.1.